The zero-order valence-corrected chi connectivity index (χ0v) is 18.0. The molecule has 30 heavy (non-hydrogen) atoms. The van der Waals surface area contributed by atoms with Crippen LogP contribution in [0.3, 0.4) is 0 Å². The minimum atomic E-state index is -0.720. The van der Waals surface area contributed by atoms with E-state index in [1.54, 1.807) is 19.1 Å². The van der Waals surface area contributed by atoms with Crippen molar-refractivity contribution in [2.45, 2.75) is 27.7 Å². The van der Waals surface area contributed by atoms with Crippen LogP contribution >= 0.6 is 11.3 Å². The molecule has 3 heterocycles. The number of esters is 2. The first-order chi connectivity index (χ1) is 14.2. The third kappa shape index (κ3) is 2.65. The molecule has 7 heteroatoms. The van der Waals surface area contributed by atoms with E-state index in [4.69, 9.17) is 4.74 Å². The summed E-state index contributed by atoms with van der Waals surface area (Å²) in [6.07, 6.45) is 0. The molecule has 0 N–H and O–H groups in total. The predicted octanol–water partition coefficient (Wildman–Crippen LogP) is 4.23. The second kappa shape index (κ2) is 6.78. The molecule has 0 amide bonds. The van der Waals surface area contributed by atoms with Gasteiger partial charge in [0.15, 0.2) is 5.78 Å². The number of hydrogen-bond donors (Lipinski definition) is 0. The lowest BCUT2D eigenvalue weighted by Gasteiger charge is -2.06. The summed E-state index contributed by atoms with van der Waals surface area (Å²) in [6, 6.07) is 7.46. The molecule has 0 fully saturated rings. The van der Waals surface area contributed by atoms with Gasteiger partial charge in [-0.25, -0.2) is 9.59 Å². The molecule has 0 unspecified atom stereocenters. The van der Waals surface area contributed by atoms with E-state index in [0.29, 0.717) is 32.5 Å². The molecule has 2 aromatic heterocycles. The summed E-state index contributed by atoms with van der Waals surface area (Å²) in [5.41, 5.74) is 4.28. The SMILES string of the molecule is CC(=O)c1ccc2c(c1)c(C1=C(c3c(C)sc(C#N)c3C)C(=O)OC1=O)c(C)n2C. The second-order valence-corrected chi connectivity index (χ2v) is 8.56. The highest BCUT2D eigenvalue weighted by molar-refractivity contribution is 7.13. The molecule has 150 valence electrons. The van der Waals surface area contributed by atoms with Gasteiger partial charge < -0.3 is 9.30 Å². The monoisotopic (exact) mass is 418 g/mol. The van der Waals surface area contributed by atoms with Gasteiger partial charge in [0.25, 0.3) is 0 Å². The Morgan fingerprint density at radius 2 is 1.73 bits per heavy atom. The van der Waals surface area contributed by atoms with Crippen molar-refractivity contribution in [2.75, 3.05) is 0 Å². The highest BCUT2D eigenvalue weighted by atomic mass is 32.1. The number of Topliss-reactive ketones (excluding diaryl/α,β-unsaturated/α-hetero) is 1. The first-order valence-electron chi connectivity index (χ1n) is 9.28. The molecule has 0 saturated heterocycles. The lowest BCUT2D eigenvalue weighted by Crippen LogP contribution is -2.03. The molecular weight excluding hydrogens is 400 g/mol. The van der Waals surface area contributed by atoms with Gasteiger partial charge in [-0.1, -0.05) is 0 Å². The number of thiophene rings is 1. The van der Waals surface area contributed by atoms with E-state index >= 15 is 0 Å². The molecule has 6 nitrogen and oxygen atoms in total. The van der Waals surface area contributed by atoms with Gasteiger partial charge in [0, 0.05) is 45.2 Å². The van der Waals surface area contributed by atoms with Crippen molar-refractivity contribution < 1.29 is 19.1 Å². The molecule has 3 aromatic rings. The Labute approximate surface area is 177 Å². The lowest BCUT2D eigenvalue weighted by atomic mass is 9.92. The third-order valence-corrected chi connectivity index (χ3v) is 6.78. The number of ketones is 1. The Morgan fingerprint density at radius 3 is 2.30 bits per heavy atom. The molecule has 0 radical (unpaired) electrons. The van der Waals surface area contributed by atoms with Gasteiger partial charge in [0.2, 0.25) is 0 Å². The Morgan fingerprint density at radius 1 is 1.10 bits per heavy atom. The minimum absolute atomic E-state index is 0.0909. The Kier molecular flexibility index (Phi) is 4.48. The summed E-state index contributed by atoms with van der Waals surface area (Å²) in [6.45, 7) is 6.92. The smallest absolute Gasteiger partial charge is 0.347 e. The van der Waals surface area contributed by atoms with E-state index in [1.165, 1.54) is 18.3 Å². The number of aromatic nitrogens is 1. The molecule has 1 aliphatic heterocycles. The van der Waals surface area contributed by atoms with Crippen LogP contribution in [0.5, 0.6) is 0 Å². The third-order valence-electron chi connectivity index (χ3n) is 5.67. The van der Waals surface area contributed by atoms with Crippen LogP contribution in [0.25, 0.3) is 22.0 Å². The molecular formula is C23H18N2O4S. The summed E-state index contributed by atoms with van der Waals surface area (Å²) in [5, 5.41) is 10.1. The van der Waals surface area contributed by atoms with Crippen molar-refractivity contribution in [3.8, 4) is 6.07 Å². The average Bonchev–Trinajstić information content (AvgIpc) is 3.24. The van der Waals surface area contributed by atoms with Gasteiger partial charge in [0.1, 0.15) is 10.9 Å². The number of aryl methyl sites for hydroxylation is 2. The molecule has 1 aromatic carbocycles. The van der Waals surface area contributed by atoms with Crippen molar-refractivity contribution in [3.63, 3.8) is 0 Å². The maximum Gasteiger partial charge on any atom is 0.347 e. The van der Waals surface area contributed by atoms with E-state index in [2.05, 4.69) is 6.07 Å². The number of fused-ring (bicyclic) bond motifs is 1. The van der Waals surface area contributed by atoms with Crippen LogP contribution in [0, 0.1) is 32.1 Å². The summed E-state index contributed by atoms with van der Waals surface area (Å²) in [5.74, 6) is -1.53. The first kappa shape index (κ1) is 19.8. The fourth-order valence-corrected chi connectivity index (χ4v) is 5.04. The summed E-state index contributed by atoms with van der Waals surface area (Å²) in [7, 11) is 1.87. The molecule has 0 atom stereocenters. The van der Waals surface area contributed by atoms with Crippen LogP contribution in [0.4, 0.5) is 0 Å². The topological polar surface area (TPSA) is 89.2 Å². The van der Waals surface area contributed by atoms with Gasteiger partial charge in [-0.2, -0.15) is 5.26 Å². The number of rotatable bonds is 3. The number of nitrogens with zero attached hydrogens (tertiary/aromatic N) is 2. The molecule has 4 rings (SSSR count). The molecule has 0 saturated carbocycles. The molecule has 0 aliphatic carbocycles. The second-order valence-electron chi connectivity index (χ2n) is 7.33. The van der Waals surface area contributed by atoms with Crippen LogP contribution in [0.1, 0.15) is 49.4 Å². The number of cyclic esters (lactones) is 2. The van der Waals surface area contributed by atoms with Crippen molar-refractivity contribution in [2.24, 2.45) is 7.05 Å². The predicted molar refractivity (Wildman–Crippen MR) is 114 cm³/mol. The van der Waals surface area contributed by atoms with E-state index in [1.807, 2.05) is 31.5 Å². The summed E-state index contributed by atoms with van der Waals surface area (Å²) in [4.78, 5) is 38.8. The largest absolute Gasteiger partial charge is 0.386 e. The quantitative estimate of drug-likeness (QED) is 0.361. The summed E-state index contributed by atoms with van der Waals surface area (Å²) >= 11 is 1.28. The van der Waals surface area contributed by atoms with Crippen LogP contribution in [0.15, 0.2) is 18.2 Å². The van der Waals surface area contributed by atoms with E-state index in [9.17, 15) is 19.6 Å². The fourth-order valence-electron chi connectivity index (χ4n) is 4.08. The van der Waals surface area contributed by atoms with Gasteiger partial charge in [0.05, 0.1) is 11.1 Å². The number of benzene rings is 1. The highest BCUT2D eigenvalue weighted by Gasteiger charge is 2.39. The van der Waals surface area contributed by atoms with Gasteiger partial charge in [-0.15, -0.1) is 11.3 Å². The molecule has 0 bridgehead atoms. The Hall–Kier alpha value is -3.50. The molecule has 1 aliphatic rings. The zero-order valence-electron chi connectivity index (χ0n) is 17.2. The zero-order chi connectivity index (χ0) is 21.9. The molecule has 0 spiro atoms. The number of ether oxygens (including phenoxy) is 1. The van der Waals surface area contributed by atoms with Crippen LogP contribution in [-0.4, -0.2) is 22.3 Å². The highest BCUT2D eigenvalue weighted by Crippen LogP contribution is 2.43. The number of nitriles is 1. The van der Waals surface area contributed by atoms with Gasteiger partial charge in [-0.05, 0) is 51.5 Å². The van der Waals surface area contributed by atoms with Crippen LogP contribution < -0.4 is 0 Å². The van der Waals surface area contributed by atoms with Crippen LogP contribution in [0.2, 0.25) is 0 Å². The van der Waals surface area contributed by atoms with Crippen molar-refractivity contribution >= 4 is 51.1 Å². The maximum atomic E-state index is 12.9. The van der Waals surface area contributed by atoms with E-state index in [0.717, 1.165) is 16.1 Å². The van der Waals surface area contributed by atoms with E-state index in [-0.39, 0.29) is 16.9 Å². The fraction of sp³-hybridized carbons (Fsp3) is 0.217. The number of carbonyl (C=O) groups is 3. The average molecular weight is 418 g/mol. The summed E-state index contributed by atoms with van der Waals surface area (Å²) < 4.78 is 6.95. The van der Waals surface area contributed by atoms with Crippen molar-refractivity contribution in [1.29, 1.82) is 5.26 Å². The Bertz CT molecular complexity index is 1380. The van der Waals surface area contributed by atoms with Crippen molar-refractivity contribution in [3.05, 3.63) is 55.9 Å². The maximum absolute atomic E-state index is 12.9. The van der Waals surface area contributed by atoms with Crippen LogP contribution in [-0.2, 0) is 21.4 Å². The first-order valence-corrected chi connectivity index (χ1v) is 10.1. The Balaban J connectivity index is 2.15. The standard InChI is InChI=1S/C23H18N2O4S/c1-10-17(9-24)30-13(4)18(10)20-21(23(28)29-22(20)27)19-11(2)25(5)16-7-6-14(12(3)26)8-15(16)19/h6-8H,1-5H3. The number of carbonyl (C=O) groups excluding carboxylic acids is 3. The van der Waals surface area contributed by atoms with Gasteiger partial charge >= 0.3 is 11.9 Å². The normalized spacial score (nSPS) is 13.9. The number of hydrogen-bond acceptors (Lipinski definition) is 6. The van der Waals surface area contributed by atoms with E-state index < -0.39 is 11.9 Å². The minimum Gasteiger partial charge on any atom is -0.386 e. The van der Waals surface area contributed by atoms with Gasteiger partial charge in [-0.3, -0.25) is 4.79 Å². The van der Waals surface area contributed by atoms with Crippen molar-refractivity contribution in [1.82, 2.24) is 4.57 Å². The lowest BCUT2D eigenvalue weighted by molar-refractivity contribution is -0.149.